The van der Waals surface area contributed by atoms with Crippen molar-refractivity contribution < 1.29 is 24.2 Å². The van der Waals surface area contributed by atoms with Gasteiger partial charge in [-0.2, -0.15) is 0 Å². The normalized spacial score (nSPS) is 17.6. The summed E-state index contributed by atoms with van der Waals surface area (Å²) in [6.07, 6.45) is 1.34. The molecule has 1 saturated heterocycles. The van der Waals surface area contributed by atoms with Crippen molar-refractivity contribution in [2.45, 2.75) is 25.4 Å². The van der Waals surface area contributed by atoms with Gasteiger partial charge in [-0.1, -0.05) is 12.1 Å². The topological polar surface area (TPSA) is 88.1 Å². The summed E-state index contributed by atoms with van der Waals surface area (Å²) >= 11 is 3.44. The Morgan fingerprint density at radius 2 is 2.07 bits per heavy atom. The molecule has 0 unspecified atom stereocenters. The Balaban J connectivity index is 1.44. The summed E-state index contributed by atoms with van der Waals surface area (Å²) in [4.78, 5) is 27.0. The zero-order valence-electron chi connectivity index (χ0n) is 15.0. The Bertz CT molecular complexity index is 933. The summed E-state index contributed by atoms with van der Waals surface area (Å²) in [6.45, 7) is 0.971. The number of likely N-dealkylation sites (tertiary alicyclic amines) is 1. The molecule has 2 heterocycles. The predicted molar refractivity (Wildman–Crippen MR) is 104 cm³/mol. The number of phenolic OH excluding ortho intramolecular Hbond substituents is 1. The van der Waals surface area contributed by atoms with Gasteiger partial charge in [0.25, 0.3) is 5.91 Å². The average molecular weight is 447 g/mol. The quantitative estimate of drug-likeness (QED) is 0.753. The predicted octanol–water partition coefficient (Wildman–Crippen LogP) is 2.80. The largest absolute Gasteiger partial charge is 0.507 e. The van der Waals surface area contributed by atoms with Crippen LogP contribution in [0.1, 0.15) is 28.8 Å². The number of halogens is 1. The molecule has 2 aromatic carbocycles. The molecule has 2 N–H and O–H groups in total. The van der Waals surface area contributed by atoms with Crippen LogP contribution in [0.4, 0.5) is 0 Å². The molecule has 2 amide bonds. The van der Waals surface area contributed by atoms with Crippen LogP contribution in [0.5, 0.6) is 17.2 Å². The van der Waals surface area contributed by atoms with Crippen LogP contribution in [-0.4, -0.2) is 41.2 Å². The van der Waals surface area contributed by atoms with Crippen LogP contribution in [0.25, 0.3) is 0 Å². The summed E-state index contributed by atoms with van der Waals surface area (Å²) < 4.78 is 11.5. The highest BCUT2D eigenvalue weighted by Gasteiger charge is 2.35. The van der Waals surface area contributed by atoms with Gasteiger partial charge in [0.2, 0.25) is 12.7 Å². The first-order valence-electron chi connectivity index (χ1n) is 8.99. The lowest BCUT2D eigenvalue weighted by Crippen LogP contribution is -2.45. The van der Waals surface area contributed by atoms with Crippen molar-refractivity contribution in [3.8, 4) is 17.2 Å². The van der Waals surface area contributed by atoms with Gasteiger partial charge in [0, 0.05) is 13.1 Å². The van der Waals surface area contributed by atoms with Crippen LogP contribution in [0, 0.1) is 0 Å². The molecule has 7 nitrogen and oxygen atoms in total. The fourth-order valence-corrected chi connectivity index (χ4v) is 4.13. The number of benzene rings is 2. The van der Waals surface area contributed by atoms with E-state index in [0.717, 1.165) is 16.5 Å². The number of phenols is 1. The highest BCUT2D eigenvalue weighted by molar-refractivity contribution is 9.10. The molecule has 0 saturated carbocycles. The number of hydrogen-bond acceptors (Lipinski definition) is 5. The second-order valence-corrected chi connectivity index (χ2v) is 7.56. The highest BCUT2D eigenvalue weighted by atomic mass is 79.9. The third-order valence-corrected chi connectivity index (χ3v) is 5.49. The standard InChI is InChI=1S/C20H19BrN2O5/c21-14-8-12(9-17-18(14)28-11-27-17)10-22-19(25)15-5-3-7-23(15)20(26)13-4-1-2-6-16(13)24/h1-2,4,6,8-9,15,24H,3,5,7,10-11H2,(H,22,25)/t15-/m1/s1. The molecule has 4 rings (SSSR count). The number of nitrogens with zero attached hydrogens (tertiary/aromatic N) is 1. The maximum Gasteiger partial charge on any atom is 0.258 e. The molecule has 146 valence electrons. The smallest absolute Gasteiger partial charge is 0.258 e. The lowest BCUT2D eigenvalue weighted by Gasteiger charge is -2.24. The second kappa shape index (κ2) is 7.71. The Labute approximate surface area is 170 Å². The number of nitrogens with one attached hydrogen (secondary N) is 1. The minimum Gasteiger partial charge on any atom is -0.507 e. The number of rotatable bonds is 4. The van der Waals surface area contributed by atoms with E-state index in [-0.39, 0.29) is 29.9 Å². The summed E-state index contributed by atoms with van der Waals surface area (Å²) in [6, 6.07) is 9.52. The van der Waals surface area contributed by atoms with Crippen LogP contribution in [0.3, 0.4) is 0 Å². The molecule has 2 aromatic rings. The molecule has 1 atom stereocenters. The van der Waals surface area contributed by atoms with Crippen LogP contribution < -0.4 is 14.8 Å². The van der Waals surface area contributed by atoms with Gasteiger partial charge in [0.05, 0.1) is 10.0 Å². The SMILES string of the molecule is O=C(NCc1cc(Br)c2c(c1)OCO2)[C@H]1CCCN1C(=O)c1ccccc1O. The summed E-state index contributed by atoms with van der Waals surface area (Å²) in [7, 11) is 0. The number of fused-ring (bicyclic) bond motifs is 1. The first-order chi connectivity index (χ1) is 13.5. The number of hydrogen-bond donors (Lipinski definition) is 2. The van der Waals surface area contributed by atoms with E-state index in [1.807, 2.05) is 12.1 Å². The number of amides is 2. The van der Waals surface area contributed by atoms with Gasteiger partial charge in [-0.25, -0.2) is 0 Å². The van der Waals surface area contributed by atoms with Gasteiger partial charge in [0.15, 0.2) is 11.5 Å². The summed E-state index contributed by atoms with van der Waals surface area (Å²) in [5.41, 5.74) is 1.07. The Morgan fingerprint density at radius 1 is 1.25 bits per heavy atom. The van der Waals surface area contributed by atoms with Crippen LogP contribution in [-0.2, 0) is 11.3 Å². The van der Waals surface area contributed by atoms with Crippen molar-refractivity contribution in [1.29, 1.82) is 0 Å². The van der Waals surface area contributed by atoms with E-state index in [1.54, 1.807) is 18.2 Å². The van der Waals surface area contributed by atoms with Gasteiger partial charge in [0.1, 0.15) is 11.8 Å². The lowest BCUT2D eigenvalue weighted by molar-refractivity contribution is -0.125. The zero-order valence-corrected chi connectivity index (χ0v) is 16.6. The number of para-hydroxylation sites is 1. The molecule has 0 aliphatic carbocycles. The molecule has 8 heteroatoms. The van der Waals surface area contributed by atoms with Crippen molar-refractivity contribution in [3.05, 3.63) is 52.0 Å². The molecule has 0 spiro atoms. The van der Waals surface area contributed by atoms with Crippen molar-refractivity contribution in [3.63, 3.8) is 0 Å². The van der Waals surface area contributed by atoms with Gasteiger partial charge < -0.3 is 24.8 Å². The third kappa shape index (κ3) is 3.52. The third-order valence-electron chi connectivity index (χ3n) is 4.90. The molecular weight excluding hydrogens is 428 g/mol. The minimum absolute atomic E-state index is 0.0798. The summed E-state index contributed by atoms with van der Waals surface area (Å²) in [5.74, 6) is 0.668. The fraction of sp³-hybridized carbons (Fsp3) is 0.300. The zero-order chi connectivity index (χ0) is 19.7. The van der Waals surface area contributed by atoms with Crippen LogP contribution >= 0.6 is 15.9 Å². The second-order valence-electron chi connectivity index (χ2n) is 6.70. The van der Waals surface area contributed by atoms with Crippen molar-refractivity contribution in [1.82, 2.24) is 10.2 Å². The van der Waals surface area contributed by atoms with Gasteiger partial charge in [-0.3, -0.25) is 9.59 Å². The number of aromatic hydroxyl groups is 1. The monoisotopic (exact) mass is 446 g/mol. The lowest BCUT2D eigenvalue weighted by atomic mass is 10.1. The highest BCUT2D eigenvalue weighted by Crippen LogP contribution is 2.40. The van der Waals surface area contributed by atoms with Crippen molar-refractivity contribution >= 4 is 27.7 Å². The Kier molecular flexibility index (Phi) is 5.13. The fourth-order valence-electron chi connectivity index (χ4n) is 3.52. The van der Waals surface area contributed by atoms with Gasteiger partial charge in [-0.15, -0.1) is 0 Å². The molecule has 0 bridgehead atoms. The van der Waals surface area contributed by atoms with Crippen LogP contribution in [0.2, 0.25) is 0 Å². The van der Waals surface area contributed by atoms with Gasteiger partial charge in [-0.05, 0) is 58.6 Å². The molecule has 2 aliphatic rings. The Hall–Kier alpha value is -2.74. The van der Waals surface area contributed by atoms with E-state index >= 15 is 0 Å². The van der Waals surface area contributed by atoms with E-state index in [9.17, 15) is 14.7 Å². The minimum atomic E-state index is -0.551. The van der Waals surface area contributed by atoms with Crippen molar-refractivity contribution in [2.24, 2.45) is 0 Å². The van der Waals surface area contributed by atoms with E-state index in [2.05, 4.69) is 21.2 Å². The number of ether oxygens (including phenoxy) is 2. The molecule has 0 radical (unpaired) electrons. The number of carbonyl (C=O) groups is 2. The number of carbonyl (C=O) groups excluding carboxylic acids is 2. The van der Waals surface area contributed by atoms with E-state index in [0.29, 0.717) is 31.0 Å². The summed E-state index contributed by atoms with van der Waals surface area (Å²) in [5, 5.41) is 12.8. The maximum atomic E-state index is 12.8. The molecule has 0 aromatic heterocycles. The first kappa shape index (κ1) is 18.6. The van der Waals surface area contributed by atoms with Crippen molar-refractivity contribution in [2.75, 3.05) is 13.3 Å². The molecular formula is C20H19BrN2O5. The first-order valence-corrected chi connectivity index (χ1v) is 9.78. The molecule has 2 aliphatic heterocycles. The molecule has 28 heavy (non-hydrogen) atoms. The average Bonchev–Trinajstić information content (AvgIpc) is 3.35. The maximum absolute atomic E-state index is 12.8. The molecule has 1 fully saturated rings. The van der Waals surface area contributed by atoms with E-state index < -0.39 is 6.04 Å². The van der Waals surface area contributed by atoms with Gasteiger partial charge >= 0.3 is 0 Å². The van der Waals surface area contributed by atoms with E-state index in [4.69, 9.17) is 9.47 Å². The Morgan fingerprint density at radius 3 is 2.89 bits per heavy atom. The van der Waals surface area contributed by atoms with E-state index in [1.165, 1.54) is 11.0 Å². The van der Waals surface area contributed by atoms with Crippen LogP contribution in [0.15, 0.2) is 40.9 Å².